The van der Waals surface area contributed by atoms with E-state index in [1.165, 1.54) is 19.3 Å². The molecule has 0 bridgehead atoms. The van der Waals surface area contributed by atoms with Crippen molar-refractivity contribution in [3.63, 3.8) is 0 Å². The van der Waals surface area contributed by atoms with Gasteiger partial charge in [0.15, 0.2) is 0 Å². The maximum atomic E-state index is 11.3. The van der Waals surface area contributed by atoms with Crippen LogP contribution in [0.3, 0.4) is 0 Å². The highest BCUT2D eigenvalue weighted by atomic mass is 127. The van der Waals surface area contributed by atoms with Crippen LogP contribution in [0.1, 0.15) is 45.4 Å². The molecule has 0 aromatic rings. The van der Waals surface area contributed by atoms with Gasteiger partial charge in [0, 0.05) is 18.6 Å². The zero-order valence-electron chi connectivity index (χ0n) is 10.3. The van der Waals surface area contributed by atoms with Crippen LogP contribution in [-0.2, 0) is 14.3 Å². The van der Waals surface area contributed by atoms with Crippen LogP contribution >= 0.6 is 45.2 Å². The number of hydrogen-bond acceptors (Lipinski definition) is 3. The van der Waals surface area contributed by atoms with Gasteiger partial charge < -0.3 is 9.84 Å². The highest BCUT2D eigenvalue weighted by Crippen LogP contribution is 2.35. The molecular formula is C12H18I2O4. The summed E-state index contributed by atoms with van der Waals surface area (Å²) < 4.78 is 4.58. The Labute approximate surface area is 135 Å². The lowest BCUT2D eigenvalue weighted by Crippen LogP contribution is -2.20. The van der Waals surface area contributed by atoms with Gasteiger partial charge in [-0.25, -0.2) is 9.59 Å². The van der Waals surface area contributed by atoms with E-state index in [1.807, 2.05) is 0 Å². The number of carboxylic acid groups (broad SMARTS) is 1. The molecule has 0 atom stereocenters. The summed E-state index contributed by atoms with van der Waals surface area (Å²) in [5, 5.41) is 8.39. The number of carbonyl (C=O) groups excluding carboxylic acids is 1. The molecule has 0 aliphatic carbocycles. The van der Waals surface area contributed by atoms with Crippen molar-refractivity contribution >= 4 is 57.1 Å². The minimum Gasteiger partial charge on any atom is -0.478 e. The van der Waals surface area contributed by atoms with E-state index in [0.29, 0.717) is 0 Å². The van der Waals surface area contributed by atoms with Crippen LogP contribution in [0.5, 0.6) is 0 Å². The second-order valence-electron chi connectivity index (χ2n) is 3.89. The average molecular weight is 480 g/mol. The minimum absolute atomic E-state index is 0.596. The Morgan fingerprint density at radius 2 is 1.78 bits per heavy atom. The van der Waals surface area contributed by atoms with Gasteiger partial charge in [-0.15, -0.1) is 0 Å². The van der Waals surface area contributed by atoms with Crippen LogP contribution in [-0.4, -0.2) is 18.7 Å². The number of ether oxygens (including phenoxy) is 1. The highest BCUT2D eigenvalue weighted by molar-refractivity contribution is 14.2. The van der Waals surface area contributed by atoms with E-state index in [-0.39, 0.29) is 0 Å². The molecule has 1 N–H and O–H groups in total. The van der Waals surface area contributed by atoms with E-state index in [4.69, 9.17) is 9.84 Å². The van der Waals surface area contributed by atoms with Crippen molar-refractivity contribution in [2.45, 2.75) is 47.1 Å². The number of carbonyl (C=O) groups is 2. The molecule has 104 valence electrons. The van der Waals surface area contributed by atoms with Gasteiger partial charge in [-0.05, 0) is 51.6 Å². The molecule has 0 amide bonds. The van der Waals surface area contributed by atoms with Gasteiger partial charge in [-0.2, -0.15) is 0 Å². The van der Waals surface area contributed by atoms with Gasteiger partial charge in [-0.1, -0.05) is 32.6 Å². The third-order valence-electron chi connectivity index (χ3n) is 2.18. The molecule has 0 aromatic carbocycles. The first-order valence-electron chi connectivity index (χ1n) is 5.89. The Morgan fingerprint density at radius 3 is 2.33 bits per heavy atom. The fraction of sp³-hybridized carbons (Fsp3) is 0.667. The predicted octanol–water partition coefficient (Wildman–Crippen LogP) is 4.05. The maximum absolute atomic E-state index is 11.3. The summed E-state index contributed by atoms with van der Waals surface area (Å²) in [5.41, 5.74) is 0. The van der Waals surface area contributed by atoms with E-state index in [9.17, 15) is 9.59 Å². The van der Waals surface area contributed by atoms with Crippen LogP contribution in [0, 0.1) is 0 Å². The molecular weight excluding hydrogens is 462 g/mol. The summed E-state index contributed by atoms with van der Waals surface area (Å²) in [6.45, 7) is 2.16. The number of unbranched alkanes of at least 4 members (excludes halogenated alkanes) is 4. The second kappa shape index (κ2) is 9.99. The van der Waals surface area contributed by atoms with E-state index in [1.54, 1.807) is 0 Å². The number of rotatable bonds is 9. The lowest BCUT2D eigenvalue weighted by molar-refractivity contribution is -0.140. The Hall–Kier alpha value is 0.140. The Bertz CT molecular complexity index is 300. The first-order chi connectivity index (χ1) is 8.37. The minimum atomic E-state index is -1.15. The van der Waals surface area contributed by atoms with E-state index in [2.05, 4.69) is 52.1 Å². The molecule has 0 heterocycles. The molecule has 0 spiro atoms. The quantitative estimate of drug-likeness (QED) is 0.178. The molecule has 0 fully saturated rings. The third-order valence-corrected chi connectivity index (χ3v) is 3.70. The summed E-state index contributed by atoms with van der Waals surface area (Å²) >= 11 is 4.14. The molecule has 0 saturated heterocycles. The first-order valence-corrected chi connectivity index (χ1v) is 8.05. The zero-order valence-corrected chi connectivity index (χ0v) is 14.6. The van der Waals surface area contributed by atoms with Crippen molar-refractivity contribution in [1.29, 1.82) is 0 Å². The van der Waals surface area contributed by atoms with Crippen molar-refractivity contribution in [3.8, 4) is 0 Å². The number of alkyl halides is 2. The van der Waals surface area contributed by atoms with Gasteiger partial charge in [-0.3, -0.25) is 0 Å². The zero-order chi connectivity index (χ0) is 14.0. The summed E-state index contributed by atoms with van der Waals surface area (Å²) in [7, 11) is 0. The largest absolute Gasteiger partial charge is 0.478 e. The predicted molar refractivity (Wildman–Crippen MR) is 87.0 cm³/mol. The topological polar surface area (TPSA) is 63.6 Å². The molecule has 0 aromatic heterocycles. The van der Waals surface area contributed by atoms with Gasteiger partial charge in [0.1, 0.15) is 0 Å². The molecule has 0 aliphatic rings. The van der Waals surface area contributed by atoms with Crippen LogP contribution in [0.25, 0.3) is 0 Å². The normalized spacial score (nSPS) is 11.7. The molecule has 0 aliphatic heterocycles. The number of hydrogen-bond donors (Lipinski definition) is 1. The summed E-state index contributed by atoms with van der Waals surface area (Å²) in [6, 6.07) is 0. The molecule has 4 nitrogen and oxygen atoms in total. The lowest BCUT2D eigenvalue weighted by Gasteiger charge is -2.20. The van der Waals surface area contributed by atoms with Crippen molar-refractivity contribution in [3.05, 3.63) is 12.2 Å². The fourth-order valence-electron chi connectivity index (χ4n) is 1.31. The van der Waals surface area contributed by atoms with Crippen molar-refractivity contribution < 1.29 is 19.4 Å². The van der Waals surface area contributed by atoms with Crippen LogP contribution in [0.2, 0.25) is 0 Å². The molecule has 0 radical (unpaired) electrons. The molecule has 0 unspecified atom stereocenters. The van der Waals surface area contributed by atoms with Crippen molar-refractivity contribution in [2.24, 2.45) is 0 Å². The van der Waals surface area contributed by atoms with Gasteiger partial charge >= 0.3 is 11.9 Å². The monoisotopic (exact) mass is 480 g/mol. The molecule has 0 saturated carbocycles. The Morgan fingerprint density at radius 1 is 1.17 bits per heavy atom. The van der Waals surface area contributed by atoms with E-state index in [0.717, 1.165) is 31.4 Å². The fourth-order valence-corrected chi connectivity index (χ4v) is 2.50. The van der Waals surface area contributed by atoms with Gasteiger partial charge in [0.25, 0.3) is 0 Å². The van der Waals surface area contributed by atoms with Crippen molar-refractivity contribution in [2.75, 3.05) is 0 Å². The summed E-state index contributed by atoms with van der Waals surface area (Å²) in [5.74, 6) is -1.77. The first kappa shape index (κ1) is 18.1. The summed E-state index contributed by atoms with van der Waals surface area (Å²) in [4.78, 5) is 21.6. The second-order valence-corrected chi connectivity index (χ2v) is 9.44. The Balaban J connectivity index is 3.91. The molecule has 18 heavy (non-hydrogen) atoms. The highest BCUT2D eigenvalue weighted by Gasteiger charge is 2.25. The van der Waals surface area contributed by atoms with Crippen LogP contribution in [0.4, 0.5) is 0 Å². The number of aliphatic carboxylic acids is 1. The van der Waals surface area contributed by atoms with Crippen LogP contribution < -0.4 is 0 Å². The third kappa shape index (κ3) is 11.2. The number of carboxylic acids is 1. The number of esters is 1. The smallest absolute Gasteiger partial charge is 0.332 e. The van der Waals surface area contributed by atoms with Crippen LogP contribution in [0.15, 0.2) is 12.2 Å². The summed E-state index contributed by atoms with van der Waals surface area (Å²) in [6.07, 6.45) is 8.26. The maximum Gasteiger partial charge on any atom is 0.332 e. The lowest BCUT2D eigenvalue weighted by atomic mass is 10.1. The Kier molecular flexibility index (Phi) is 10.1. The number of halogens is 2. The SMILES string of the molecule is CCCCCCCC(I)(I)OC(=O)/C=C\C(=O)O. The molecule has 6 heteroatoms. The average Bonchev–Trinajstić information content (AvgIpc) is 2.25. The standard InChI is InChI=1S/C12H18I2O4/c1-2-3-4-5-6-9-12(13,14)18-11(17)8-7-10(15)16/h7-8H,2-6,9H2,1H3,(H,15,16)/b8-7-. The van der Waals surface area contributed by atoms with Gasteiger partial charge in [0.2, 0.25) is 1.61 Å². The van der Waals surface area contributed by atoms with E-state index < -0.39 is 13.6 Å². The van der Waals surface area contributed by atoms with E-state index >= 15 is 0 Å². The van der Waals surface area contributed by atoms with Crippen molar-refractivity contribution in [1.82, 2.24) is 0 Å². The molecule has 0 rings (SSSR count). The van der Waals surface area contributed by atoms with Gasteiger partial charge in [0.05, 0.1) is 0 Å².